The average Bonchev–Trinajstić information content (AvgIpc) is 2.48. The van der Waals surface area contributed by atoms with Gasteiger partial charge < -0.3 is 5.11 Å². The summed E-state index contributed by atoms with van der Waals surface area (Å²) in [7, 11) is 0. The van der Waals surface area contributed by atoms with E-state index in [2.05, 4.69) is 4.98 Å². The standard InChI is InChI=1S/C16H18N2O2/c19-14-11-15(20)18(13-9-5-2-6-10-13)16(17-14)12-7-3-1-4-8-12/h2,5-6,9-12,19H,1,3-4,7-8H2. The van der Waals surface area contributed by atoms with Gasteiger partial charge in [-0.25, -0.2) is 0 Å². The van der Waals surface area contributed by atoms with Gasteiger partial charge in [0.15, 0.2) is 0 Å². The number of nitrogens with zero attached hydrogens (tertiary/aromatic N) is 2. The van der Waals surface area contributed by atoms with Gasteiger partial charge in [-0.2, -0.15) is 4.98 Å². The van der Waals surface area contributed by atoms with Crippen LogP contribution in [-0.4, -0.2) is 14.7 Å². The molecule has 20 heavy (non-hydrogen) atoms. The van der Waals surface area contributed by atoms with Crippen molar-refractivity contribution >= 4 is 0 Å². The van der Waals surface area contributed by atoms with Crippen LogP contribution in [0.15, 0.2) is 41.2 Å². The molecule has 1 fully saturated rings. The second-order valence-electron chi connectivity index (χ2n) is 5.32. The Kier molecular flexibility index (Phi) is 3.54. The zero-order valence-corrected chi connectivity index (χ0v) is 11.3. The lowest BCUT2D eigenvalue weighted by molar-refractivity contribution is 0.402. The number of rotatable bonds is 2. The highest BCUT2D eigenvalue weighted by molar-refractivity contribution is 5.34. The molecule has 4 heteroatoms. The van der Waals surface area contributed by atoms with Gasteiger partial charge in [-0.05, 0) is 25.0 Å². The Hall–Kier alpha value is -2.10. The van der Waals surface area contributed by atoms with Gasteiger partial charge in [0.1, 0.15) is 5.82 Å². The number of hydrogen-bond donors (Lipinski definition) is 1. The van der Waals surface area contributed by atoms with Crippen molar-refractivity contribution in [3.8, 4) is 11.6 Å². The third-order valence-electron chi connectivity index (χ3n) is 3.92. The fourth-order valence-corrected chi connectivity index (χ4v) is 2.96. The molecule has 1 aliphatic rings. The van der Waals surface area contributed by atoms with E-state index >= 15 is 0 Å². The Balaban J connectivity index is 2.14. The van der Waals surface area contributed by atoms with Gasteiger partial charge in [-0.3, -0.25) is 9.36 Å². The van der Waals surface area contributed by atoms with Crippen molar-refractivity contribution in [1.82, 2.24) is 9.55 Å². The van der Waals surface area contributed by atoms with Crippen molar-refractivity contribution in [2.75, 3.05) is 0 Å². The fourth-order valence-electron chi connectivity index (χ4n) is 2.96. The fraction of sp³-hybridized carbons (Fsp3) is 0.375. The monoisotopic (exact) mass is 270 g/mol. The predicted octanol–water partition coefficient (Wildman–Crippen LogP) is 2.99. The molecule has 1 aliphatic carbocycles. The molecule has 0 spiro atoms. The lowest BCUT2D eigenvalue weighted by Crippen LogP contribution is -2.25. The minimum absolute atomic E-state index is 0.178. The molecule has 104 valence electrons. The summed E-state index contributed by atoms with van der Waals surface area (Å²) in [5.74, 6) is 0.771. The van der Waals surface area contributed by atoms with Crippen LogP contribution in [0.4, 0.5) is 0 Å². The minimum Gasteiger partial charge on any atom is -0.493 e. The average molecular weight is 270 g/mol. The van der Waals surface area contributed by atoms with E-state index in [1.54, 1.807) is 4.57 Å². The summed E-state index contributed by atoms with van der Waals surface area (Å²) in [6.45, 7) is 0. The lowest BCUT2D eigenvalue weighted by Gasteiger charge is -2.24. The number of aromatic nitrogens is 2. The zero-order valence-electron chi connectivity index (χ0n) is 11.3. The Bertz CT molecular complexity index is 643. The molecule has 0 unspecified atom stereocenters. The molecule has 4 nitrogen and oxygen atoms in total. The molecule has 1 saturated carbocycles. The summed E-state index contributed by atoms with van der Waals surface area (Å²) in [6.07, 6.45) is 5.62. The molecular formula is C16H18N2O2. The van der Waals surface area contributed by atoms with Crippen LogP contribution >= 0.6 is 0 Å². The smallest absolute Gasteiger partial charge is 0.261 e. The van der Waals surface area contributed by atoms with Crippen LogP contribution < -0.4 is 5.56 Å². The quantitative estimate of drug-likeness (QED) is 0.912. The van der Waals surface area contributed by atoms with Gasteiger partial charge in [0, 0.05) is 5.92 Å². The van der Waals surface area contributed by atoms with E-state index in [-0.39, 0.29) is 17.4 Å². The molecule has 0 bridgehead atoms. The molecule has 0 amide bonds. The van der Waals surface area contributed by atoms with Crippen LogP contribution in [0, 0.1) is 0 Å². The molecule has 3 rings (SSSR count). The molecular weight excluding hydrogens is 252 g/mol. The minimum atomic E-state index is -0.218. The summed E-state index contributed by atoms with van der Waals surface area (Å²) >= 11 is 0. The first-order chi connectivity index (χ1) is 9.75. The highest BCUT2D eigenvalue weighted by atomic mass is 16.3. The van der Waals surface area contributed by atoms with Gasteiger partial charge >= 0.3 is 0 Å². The first-order valence-corrected chi connectivity index (χ1v) is 7.14. The molecule has 0 atom stereocenters. The van der Waals surface area contributed by atoms with Gasteiger partial charge in [0.05, 0.1) is 11.8 Å². The Labute approximate surface area is 117 Å². The second kappa shape index (κ2) is 5.49. The lowest BCUT2D eigenvalue weighted by atomic mass is 9.88. The van der Waals surface area contributed by atoms with Crippen molar-refractivity contribution < 1.29 is 5.11 Å². The summed E-state index contributed by atoms with van der Waals surface area (Å²) in [6, 6.07) is 10.7. The predicted molar refractivity (Wildman–Crippen MR) is 77.3 cm³/mol. The molecule has 1 aromatic heterocycles. The van der Waals surface area contributed by atoms with E-state index in [0.29, 0.717) is 5.82 Å². The SMILES string of the molecule is O=c1cc(O)nc(C2CCCCC2)n1-c1ccccc1. The summed E-state index contributed by atoms with van der Waals surface area (Å²) in [5, 5.41) is 9.67. The van der Waals surface area contributed by atoms with Crippen molar-refractivity contribution in [3.63, 3.8) is 0 Å². The number of aromatic hydroxyl groups is 1. The normalized spacial score (nSPS) is 16.2. The molecule has 0 saturated heterocycles. The number of hydrogen-bond acceptors (Lipinski definition) is 3. The van der Waals surface area contributed by atoms with Crippen LogP contribution in [-0.2, 0) is 0 Å². The van der Waals surface area contributed by atoms with Crippen LogP contribution in [0.25, 0.3) is 5.69 Å². The van der Waals surface area contributed by atoms with E-state index in [1.165, 1.54) is 12.5 Å². The van der Waals surface area contributed by atoms with Crippen molar-refractivity contribution in [2.24, 2.45) is 0 Å². The van der Waals surface area contributed by atoms with Crippen molar-refractivity contribution in [1.29, 1.82) is 0 Å². The maximum Gasteiger partial charge on any atom is 0.261 e. The van der Waals surface area contributed by atoms with Crippen LogP contribution in [0.5, 0.6) is 5.88 Å². The Morgan fingerprint density at radius 2 is 1.80 bits per heavy atom. The summed E-state index contributed by atoms with van der Waals surface area (Å²) in [5.41, 5.74) is 0.592. The number of benzene rings is 1. The van der Waals surface area contributed by atoms with Crippen LogP contribution in [0.1, 0.15) is 43.8 Å². The number of para-hydroxylation sites is 1. The molecule has 1 N–H and O–H groups in total. The highest BCUT2D eigenvalue weighted by Crippen LogP contribution is 2.32. The Morgan fingerprint density at radius 3 is 2.50 bits per heavy atom. The Morgan fingerprint density at radius 1 is 1.10 bits per heavy atom. The first kappa shape index (κ1) is 12.9. The van der Waals surface area contributed by atoms with Crippen LogP contribution in [0.3, 0.4) is 0 Å². The van der Waals surface area contributed by atoms with Gasteiger partial charge in [-0.1, -0.05) is 37.5 Å². The largest absolute Gasteiger partial charge is 0.493 e. The molecule has 0 aliphatic heterocycles. The highest BCUT2D eigenvalue weighted by Gasteiger charge is 2.22. The third-order valence-corrected chi connectivity index (χ3v) is 3.92. The van der Waals surface area contributed by atoms with E-state index in [4.69, 9.17) is 0 Å². The van der Waals surface area contributed by atoms with E-state index in [0.717, 1.165) is 31.4 Å². The van der Waals surface area contributed by atoms with Gasteiger partial charge in [-0.15, -0.1) is 0 Å². The van der Waals surface area contributed by atoms with Crippen molar-refractivity contribution in [2.45, 2.75) is 38.0 Å². The van der Waals surface area contributed by atoms with E-state index in [1.807, 2.05) is 30.3 Å². The summed E-state index contributed by atoms with van der Waals surface area (Å²) in [4.78, 5) is 16.5. The third kappa shape index (κ3) is 2.46. The van der Waals surface area contributed by atoms with Crippen LogP contribution in [0.2, 0.25) is 0 Å². The van der Waals surface area contributed by atoms with E-state index in [9.17, 15) is 9.90 Å². The van der Waals surface area contributed by atoms with Crippen molar-refractivity contribution in [3.05, 3.63) is 52.6 Å². The summed E-state index contributed by atoms with van der Waals surface area (Å²) < 4.78 is 1.63. The zero-order chi connectivity index (χ0) is 13.9. The van der Waals surface area contributed by atoms with Gasteiger partial charge in [0.2, 0.25) is 5.88 Å². The maximum atomic E-state index is 12.3. The first-order valence-electron chi connectivity index (χ1n) is 7.14. The van der Waals surface area contributed by atoms with E-state index < -0.39 is 0 Å². The molecule has 0 radical (unpaired) electrons. The molecule has 2 aromatic rings. The van der Waals surface area contributed by atoms with Gasteiger partial charge in [0.25, 0.3) is 5.56 Å². The topological polar surface area (TPSA) is 55.1 Å². The second-order valence-corrected chi connectivity index (χ2v) is 5.32. The molecule has 1 aromatic carbocycles. The molecule has 1 heterocycles. The maximum absolute atomic E-state index is 12.3.